The maximum Gasteiger partial charge on any atom is 0.262 e. The monoisotopic (exact) mass is 431 g/mol. The lowest BCUT2D eigenvalue weighted by molar-refractivity contribution is -0.118. The molecule has 0 aromatic heterocycles. The summed E-state index contributed by atoms with van der Waals surface area (Å²) >= 11 is 12.8. The van der Waals surface area contributed by atoms with Crippen molar-refractivity contribution in [2.24, 2.45) is 0 Å². The molecule has 0 saturated carbocycles. The van der Waals surface area contributed by atoms with E-state index in [1.165, 1.54) is 0 Å². The Morgan fingerprint density at radius 3 is 2.67 bits per heavy atom. The molecule has 0 aliphatic heterocycles. The van der Waals surface area contributed by atoms with Crippen LogP contribution in [-0.2, 0) is 4.79 Å². The number of nitrogens with one attached hydrogen (secondary N) is 1. The molecule has 0 heterocycles. The van der Waals surface area contributed by atoms with Crippen molar-refractivity contribution in [2.75, 3.05) is 11.9 Å². The van der Waals surface area contributed by atoms with Crippen molar-refractivity contribution in [1.82, 2.24) is 0 Å². The first-order chi connectivity index (χ1) is 9.95. The van der Waals surface area contributed by atoms with E-state index in [1.807, 2.05) is 25.1 Å². The summed E-state index contributed by atoms with van der Waals surface area (Å²) in [5.74, 6) is 0.351. The quantitative estimate of drug-likeness (QED) is 0.721. The van der Waals surface area contributed by atoms with Crippen molar-refractivity contribution < 1.29 is 9.53 Å². The number of halogens is 3. The van der Waals surface area contributed by atoms with Crippen LogP contribution in [0, 0.1) is 6.92 Å². The minimum atomic E-state index is -0.272. The maximum atomic E-state index is 11.9. The molecule has 21 heavy (non-hydrogen) atoms. The van der Waals surface area contributed by atoms with Crippen molar-refractivity contribution in [3.05, 3.63) is 55.9 Å². The number of carbonyl (C=O) groups excluding carboxylic acids is 1. The molecule has 6 heteroatoms. The Morgan fingerprint density at radius 1 is 1.24 bits per heavy atom. The molecular weight excluding hydrogens is 421 g/mol. The predicted octanol–water partition coefficient (Wildman–Crippen LogP) is 5.19. The number of rotatable bonds is 4. The highest BCUT2D eigenvalue weighted by atomic mass is 79.9. The molecule has 0 unspecified atom stereocenters. The third kappa shape index (κ3) is 4.73. The molecule has 0 spiro atoms. The van der Waals surface area contributed by atoms with Gasteiger partial charge in [-0.15, -0.1) is 0 Å². The summed E-state index contributed by atoms with van der Waals surface area (Å²) in [7, 11) is 0. The van der Waals surface area contributed by atoms with E-state index in [9.17, 15) is 4.79 Å². The second-order valence-electron chi connectivity index (χ2n) is 4.39. The van der Waals surface area contributed by atoms with E-state index in [0.29, 0.717) is 16.5 Å². The number of anilines is 1. The molecule has 2 aromatic carbocycles. The first-order valence-corrected chi connectivity index (χ1v) is 8.06. The lowest BCUT2D eigenvalue weighted by Crippen LogP contribution is -2.20. The lowest BCUT2D eigenvalue weighted by Gasteiger charge is -2.10. The predicted molar refractivity (Wildman–Crippen MR) is 92.2 cm³/mol. The van der Waals surface area contributed by atoms with Crippen molar-refractivity contribution in [2.45, 2.75) is 6.92 Å². The third-order valence-corrected chi connectivity index (χ3v) is 4.08. The van der Waals surface area contributed by atoms with Gasteiger partial charge in [0.2, 0.25) is 0 Å². The molecule has 0 atom stereocenters. The summed E-state index contributed by atoms with van der Waals surface area (Å²) in [5.41, 5.74) is 1.66. The fourth-order valence-electron chi connectivity index (χ4n) is 1.64. The Balaban J connectivity index is 1.96. The Morgan fingerprint density at radius 2 is 2.00 bits per heavy atom. The average Bonchev–Trinajstić information content (AvgIpc) is 2.41. The van der Waals surface area contributed by atoms with Crippen LogP contribution in [0.2, 0.25) is 5.02 Å². The Bertz CT molecular complexity index is 677. The molecule has 0 fully saturated rings. The van der Waals surface area contributed by atoms with E-state index in [0.717, 1.165) is 14.5 Å². The summed E-state index contributed by atoms with van der Waals surface area (Å²) < 4.78 is 7.15. The molecule has 1 N–H and O–H groups in total. The van der Waals surface area contributed by atoms with Gasteiger partial charge in [0.05, 0.1) is 15.2 Å². The van der Waals surface area contributed by atoms with Gasteiger partial charge in [-0.2, -0.15) is 0 Å². The Labute approximate surface area is 144 Å². The minimum Gasteiger partial charge on any atom is -0.483 e. The van der Waals surface area contributed by atoms with Gasteiger partial charge < -0.3 is 10.1 Å². The zero-order valence-electron chi connectivity index (χ0n) is 11.1. The van der Waals surface area contributed by atoms with E-state index < -0.39 is 0 Å². The molecule has 110 valence electrons. The van der Waals surface area contributed by atoms with Gasteiger partial charge in [0.25, 0.3) is 5.91 Å². The average molecular weight is 434 g/mol. The zero-order chi connectivity index (χ0) is 15.4. The molecule has 3 nitrogen and oxygen atoms in total. The summed E-state index contributed by atoms with van der Waals surface area (Å²) in [5, 5.41) is 3.17. The van der Waals surface area contributed by atoms with Crippen LogP contribution in [0.15, 0.2) is 45.3 Å². The second kappa shape index (κ2) is 7.29. The highest BCUT2D eigenvalue weighted by molar-refractivity contribution is 9.10. The van der Waals surface area contributed by atoms with Crippen molar-refractivity contribution in [1.29, 1.82) is 0 Å². The number of ether oxygens (including phenoxy) is 1. The van der Waals surface area contributed by atoms with Gasteiger partial charge in [0.1, 0.15) is 5.75 Å². The van der Waals surface area contributed by atoms with Crippen molar-refractivity contribution in [3.8, 4) is 5.75 Å². The smallest absolute Gasteiger partial charge is 0.262 e. The van der Waals surface area contributed by atoms with E-state index in [1.54, 1.807) is 18.2 Å². The molecule has 2 rings (SSSR count). The number of hydrogen-bond acceptors (Lipinski definition) is 2. The van der Waals surface area contributed by atoms with Crippen LogP contribution in [0.1, 0.15) is 5.56 Å². The molecule has 0 aliphatic rings. The van der Waals surface area contributed by atoms with Crippen LogP contribution in [0.4, 0.5) is 5.69 Å². The molecule has 0 radical (unpaired) electrons. The fraction of sp³-hybridized carbons (Fsp3) is 0.133. The van der Waals surface area contributed by atoms with Crippen LogP contribution in [0.5, 0.6) is 5.75 Å². The minimum absolute atomic E-state index is 0.0892. The zero-order valence-corrected chi connectivity index (χ0v) is 15.0. The highest BCUT2D eigenvalue weighted by Gasteiger charge is 2.08. The molecule has 0 saturated heterocycles. The van der Waals surface area contributed by atoms with E-state index in [-0.39, 0.29) is 12.5 Å². The fourth-order valence-corrected chi connectivity index (χ4v) is 2.97. The van der Waals surface area contributed by atoms with Gasteiger partial charge >= 0.3 is 0 Å². The highest BCUT2D eigenvalue weighted by Crippen LogP contribution is 2.27. The van der Waals surface area contributed by atoms with Crippen LogP contribution in [0.25, 0.3) is 0 Å². The number of carbonyl (C=O) groups is 1. The van der Waals surface area contributed by atoms with Crippen molar-refractivity contribution in [3.63, 3.8) is 0 Å². The maximum absolute atomic E-state index is 11.9. The van der Waals surface area contributed by atoms with Gasteiger partial charge in [-0.3, -0.25) is 4.79 Å². The van der Waals surface area contributed by atoms with Crippen LogP contribution in [-0.4, -0.2) is 12.5 Å². The summed E-state index contributed by atoms with van der Waals surface area (Å²) in [6.07, 6.45) is 0. The first kappa shape index (κ1) is 16.3. The first-order valence-electron chi connectivity index (χ1n) is 6.09. The third-order valence-electron chi connectivity index (χ3n) is 2.65. The van der Waals surface area contributed by atoms with E-state index in [4.69, 9.17) is 16.3 Å². The Hall–Kier alpha value is -1.04. The number of hydrogen-bond donors (Lipinski definition) is 1. The number of amides is 1. The topological polar surface area (TPSA) is 38.3 Å². The summed E-state index contributed by atoms with van der Waals surface area (Å²) in [4.78, 5) is 11.9. The van der Waals surface area contributed by atoms with Crippen LogP contribution >= 0.6 is 43.5 Å². The molecular formula is C15H12Br2ClNO2. The van der Waals surface area contributed by atoms with Crippen LogP contribution < -0.4 is 10.1 Å². The number of aryl methyl sites for hydroxylation is 1. The molecule has 1 amide bonds. The van der Waals surface area contributed by atoms with Gasteiger partial charge in [-0.25, -0.2) is 0 Å². The normalized spacial score (nSPS) is 10.3. The largest absolute Gasteiger partial charge is 0.483 e. The summed E-state index contributed by atoms with van der Waals surface area (Å²) in [6, 6.07) is 10.9. The number of benzene rings is 2. The second-order valence-corrected chi connectivity index (χ2v) is 6.57. The Kier molecular flexibility index (Phi) is 5.67. The van der Waals surface area contributed by atoms with Crippen molar-refractivity contribution >= 4 is 55.1 Å². The standard InChI is InChI=1S/C15H12Br2ClNO2/c1-9-2-5-14(11(17)6-9)21-8-15(20)19-13-4-3-10(16)7-12(13)18/h2-7H,8H2,1H3,(H,19,20). The SMILES string of the molecule is Cc1ccc(OCC(=O)Nc2ccc(Br)cc2Cl)c(Br)c1. The molecule has 0 bridgehead atoms. The molecule has 0 aliphatic carbocycles. The van der Waals surface area contributed by atoms with E-state index in [2.05, 4.69) is 37.2 Å². The van der Waals surface area contributed by atoms with Gasteiger partial charge in [0.15, 0.2) is 6.61 Å². The lowest BCUT2D eigenvalue weighted by atomic mass is 10.2. The van der Waals surface area contributed by atoms with E-state index >= 15 is 0 Å². The van der Waals surface area contributed by atoms with Crippen LogP contribution in [0.3, 0.4) is 0 Å². The van der Waals surface area contributed by atoms with Gasteiger partial charge in [0, 0.05) is 4.47 Å². The molecule has 2 aromatic rings. The van der Waals surface area contributed by atoms with Gasteiger partial charge in [-0.1, -0.05) is 33.6 Å². The summed E-state index contributed by atoms with van der Waals surface area (Å²) in [6.45, 7) is 1.89. The van der Waals surface area contributed by atoms with Gasteiger partial charge in [-0.05, 0) is 58.7 Å².